The summed E-state index contributed by atoms with van der Waals surface area (Å²) in [6, 6.07) is 7.39. The fourth-order valence-electron chi connectivity index (χ4n) is 3.09. The number of piperazine rings is 1. The van der Waals surface area contributed by atoms with Crippen molar-refractivity contribution in [3.8, 4) is 0 Å². The molecule has 128 valence electrons. The fourth-order valence-corrected chi connectivity index (χ4v) is 4.52. The summed E-state index contributed by atoms with van der Waals surface area (Å²) in [4.78, 5) is 2.83. The van der Waals surface area contributed by atoms with Gasteiger partial charge in [0.05, 0.1) is 4.90 Å². The number of benzene rings is 1. The molecule has 0 radical (unpaired) electrons. The standard InChI is InChI=1S/C18H28N2O2S/c1-18(2,3)16-6-8-17(9-7-16)23(21,22)20-12-10-19(11-13-20)14-15-4-5-15/h6-9,15H,4-5,10-14H2,1-3H3. The third-order valence-corrected chi connectivity index (χ3v) is 6.82. The molecule has 0 N–H and O–H groups in total. The molecule has 3 rings (SSSR count). The predicted octanol–water partition coefficient (Wildman–Crippen LogP) is 2.70. The van der Waals surface area contributed by atoms with E-state index in [0.29, 0.717) is 18.0 Å². The highest BCUT2D eigenvalue weighted by molar-refractivity contribution is 7.89. The Morgan fingerprint density at radius 1 is 1.00 bits per heavy atom. The molecule has 1 saturated heterocycles. The van der Waals surface area contributed by atoms with Crippen LogP contribution in [0.15, 0.2) is 29.2 Å². The minimum atomic E-state index is -3.35. The maximum absolute atomic E-state index is 12.8. The smallest absolute Gasteiger partial charge is 0.243 e. The first kappa shape index (κ1) is 16.9. The maximum atomic E-state index is 12.8. The number of hydrogen-bond donors (Lipinski definition) is 0. The van der Waals surface area contributed by atoms with Gasteiger partial charge in [0, 0.05) is 32.7 Å². The Balaban J connectivity index is 1.66. The van der Waals surface area contributed by atoms with Gasteiger partial charge in [0.1, 0.15) is 0 Å². The van der Waals surface area contributed by atoms with E-state index in [-0.39, 0.29) is 5.41 Å². The Labute approximate surface area is 140 Å². The highest BCUT2D eigenvalue weighted by atomic mass is 32.2. The zero-order valence-electron chi connectivity index (χ0n) is 14.5. The summed E-state index contributed by atoms with van der Waals surface area (Å²) in [5, 5.41) is 0. The quantitative estimate of drug-likeness (QED) is 0.849. The van der Waals surface area contributed by atoms with Gasteiger partial charge in [-0.3, -0.25) is 0 Å². The van der Waals surface area contributed by atoms with Gasteiger partial charge in [-0.2, -0.15) is 4.31 Å². The maximum Gasteiger partial charge on any atom is 0.243 e. The highest BCUT2D eigenvalue weighted by Gasteiger charge is 2.31. The molecule has 0 amide bonds. The van der Waals surface area contributed by atoms with Crippen molar-refractivity contribution in [1.82, 2.24) is 9.21 Å². The Bertz CT molecular complexity index is 635. The molecular weight excluding hydrogens is 308 g/mol. The van der Waals surface area contributed by atoms with Crippen molar-refractivity contribution in [1.29, 1.82) is 0 Å². The van der Waals surface area contributed by atoms with Gasteiger partial charge in [-0.25, -0.2) is 8.42 Å². The SMILES string of the molecule is CC(C)(C)c1ccc(S(=O)(=O)N2CCN(CC3CC3)CC2)cc1. The zero-order valence-corrected chi connectivity index (χ0v) is 15.3. The van der Waals surface area contributed by atoms with Crippen molar-refractivity contribution >= 4 is 10.0 Å². The van der Waals surface area contributed by atoms with Gasteiger partial charge in [0.25, 0.3) is 0 Å². The monoisotopic (exact) mass is 336 g/mol. The van der Waals surface area contributed by atoms with Crippen molar-refractivity contribution in [2.75, 3.05) is 32.7 Å². The van der Waals surface area contributed by atoms with Crippen LogP contribution in [0.3, 0.4) is 0 Å². The lowest BCUT2D eigenvalue weighted by Crippen LogP contribution is -2.49. The molecule has 1 aromatic rings. The lowest BCUT2D eigenvalue weighted by atomic mass is 9.87. The molecule has 1 heterocycles. The number of hydrogen-bond acceptors (Lipinski definition) is 3. The first-order valence-electron chi connectivity index (χ1n) is 8.60. The second-order valence-corrected chi connectivity index (χ2v) is 9.86. The molecule has 2 fully saturated rings. The molecule has 0 atom stereocenters. The molecule has 0 bridgehead atoms. The van der Waals surface area contributed by atoms with Crippen molar-refractivity contribution < 1.29 is 8.42 Å². The third-order valence-electron chi connectivity index (χ3n) is 4.90. The van der Waals surface area contributed by atoms with E-state index in [1.165, 1.54) is 12.8 Å². The van der Waals surface area contributed by atoms with E-state index in [9.17, 15) is 8.42 Å². The van der Waals surface area contributed by atoms with Crippen molar-refractivity contribution in [3.05, 3.63) is 29.8 Å². The minimum Gasteiger partial charge on any atom is -0.300 e. The van der Waals surface area contributed by atoms with Crippen LogP contribution in [-0.2, 0) is 15.4 Å². The van der Waals surface area contributed by atoms with Gasteiger partial charge in [-0.05, 0) is 41.9 Å². The zero-order chi connectivity index (χ0) is 16.7. The van der Waals surface area contributed by atoms with Crippen LogP contribution >= 0.6 is 0 Å². The van der Waals surface area contributed by atoms with Crippen molar-refractivity contribution in [3.63, 3.8) is 0 Å². The molecule has 0 spiro atoms. The molecule has 4 nitrogen and oxygen atoms in total. The molecule has 5 heteroatoms. The van der Waals surface area contributed by atoms with Gasteiger partial charge >= 0.3 is 0 Å². The number of nitrogens with zero attached hydrogens (tertiary/aromatic N) is 2. The summed E-state index contributed by atoms with van der Waals surface area (Å²) in [5.74, 6) is 0.864. The highest BCUT2D eigenvalue weighted by Crippen LogP contribution is 2.30. The Kier molecular flexibility index (Phi) is 4.55. The molecule has 1 aliphatic heterocycles. The van der Waals surface area contributed by atoms with Gasteiger partial charge in [0.15, 0.2) is 0 Å². The van der Waals surface area contributed by atoms with Crippen LogP contribution in [0.2, 0.25) is 0 Å². The summed E-state index contributed by atoms with van der Waals surface area (Å²) in [7, 11) is -3.35. The second-order valence-electron chi connectivity index (χ2n) is 7.92. The topological polar surface area (TPSA) is 40.6 Å². The average molecular weight is 337 g/mol. The molecule has 1 aliphatic carbocycles. The number of rotatable bonds is 4. The van der Waals surface area contributed by atoms with Crippen LogP contribution in [0.25, 0.3) is 0 Å². The minimum absolute atomic E-state index is 0.0384. The largest absolute Gasteiger partial charge is 0.300 e. The van der Waals surface area contributed by atoms with Gasteiger partial charge in [-0.1, -0.05) is 32.9 Å². The van der Waals surface area contributed by atoms with Crippen LogP contribution in [0.4, 0.5) is 0 Å². The lowest BCUT2D eigenvalue weighted by Gasteiger charge is -2.34. The Hall–Kier alpha value is -0.910. The number of sulfonamides is 1. The van der Waals surface area contributed by atoms with Crippen LogP contribution in [0.1, 0.15) is 39.2 Å². The van der Waals surface area contributed by atoms with E-state index < -0.39 is 10.0 Å². The molecular formula is C18H28N2O2S. The average Bonchev–Trinajstić information content (AvgIpc) is 3.31. The molecule has 0 unspecified atom stereocenters. The fraction of sp³-hybridized carbons (Fsp3) is 0.667. The third kappa shape index (κ3) is 3.95. The van der Waals surface area contributed by atoms with Gasteiger partial charge in [0.2, 0.25) is 10.0 Å². The van der Waals surface area contributed by atoms with Crippen molar-refractivity contribution in [2.45, 2.75) is 43.9 Å². The second kappa shape index (κ2) is 6.19. The van der Waals surface area contributed by atoms with E-state index in [1.807, 2.05) is 12.1 Å². The van der Waals surface area contributed by atoms with E-state index in [2.05, 4.69) is 25.7 Å². The van der Waals surface area contributed by atoms with Crippen LogP contribution in [0, 0.1) is 5.92 Å². The summed E-state index contributed by atoms with van der Waals surface area (Å²) >= 11 is 0. The van der Waals surface area contributed by atoms with Gasteiger partial charge in [-0.15, -0.1) is 0 Å². The van der Waals surface area contributed by atoms with Crippen LogP contribution in [-0.4, -0.2) is 50.3 Å². The lowest BCUT2D eigenvalue weighted by molar-refractivity contribution is 0.182. The van der Waals surface area contributed by atoms with Crippen LogP contribution < -0.4 is 0 Å². The molecule has 1 saturated carbocycles. The summed E-state index contributed by atoms with van der Waals surface area (Å²) in [6.45, 7) is 10.5. The van der Waals surface area contributed by atoms with Gasteiger partial charge < -0.3 is 4.90 Å². The molecule has 23 heavy (non-hydrogen) atoms. The van der Waals surface area contributed by atoms with E-state index >= 15 is 0 Å². The van der Waals surface area contributed by atoms with Crippen LogP contribution in [0.5, 0.6) is 0 Å². The molecule has 1 aromatic carbocycles. The van der Waals surface area contributed by atoms with Crippen molar-refractivity contribution in [2.24, 2.45) is 5.92 Å². The summed E-state index contributed by atoms with van der Waals surface area (Å²) in [6.07, 6.45) is 2.69. The molecule has 2 aliphatic rings. The molecule has 0 aromatic heterocycles. The first-order valence-corrected chi connectivity index (χ1v) is 10.0. The predicted molar refractivity (Wildman–Crippen MR) is 93.1 cm³/mol. The van der Waals surface area contributed by atoms with E-state index in [0.717, 1.165) is 31.1 Å². The van der Waals surface area contributed by atoms with E-state index in [4.69, 9.17) is 0 Å². The Morgan fingerprint density at radius 3 is 2.04 bits per heavy atom. The normalized spacial score (nSPS) is 21.5. The van der Waals surface area contributed by atoms with E-state index in [1.54, 1.807) is 16.4 Å². The first-order chi connectivity index (χ1) is 10.8. The summed E-state index contributed by atoms with van der Waals surface area (Å²) < 4.78 is 27.2. The summed E-state index contributed by atoms with van der Waals surface area (Å²) in [5.41, 5.74) is 1.20. The Morgan fingerprint density at radius 2 is 1.57 bits per heavy atom.